The van der Waals surface area contributed by atoms with Crippen LogP contribution in [0.2, 0.25) is 0 Å². The summed E-state index contributed by atoms with van der Waals surface area (Å²) in [5, 5.41) is 9.71. The highest BCUT2D eigenvalue weighted by molar-refractivity contribution is 5.70. The third kappa shape index (κ3) is 6.03. The van der Waals surface area contributed by atoms with Crippen LogP contribution in [0.15, 0.2) is 30.3 Å². The fourth-order valence-electron chi connectivity index (χ4n) is 4.40. The van der Waals surface area contributed by atoms with Crippen molar-refractivity contribution in [2.45, 2.75) is 76.5 Å². The summed E-state index contributed by atoms with van der Waals surface area (Å²) in [5.41, 5.74) is 4.37. The maximum atomic E-state index is 11.8. The van der Waals surface area contributed by atoms with E-state index in [-0.39, 0.29) is 12.3 Å². The molecule has 2 aliphatic rings. The average Bonchev–Trinajstić information content (AvgIpc) is 2.72. The van der Waals surface area contributed by atoms with Gasteiger partial charge in [0.1, 0.15) is 0 Å². The number of aliphatic carboxylic acids is 1. The normalized spacial score (nSPS) is 28.4. The third-order valence-electron chi connectivity index (χ3n) is 6.15. The van der Waals surface area contributed by atoms with Crippen molar-refractivity contribution < 1.29 is 19.5 Å². The van der Waals surface area contributed by atoms with Gasteiger partial charge in [0.05, 0.1) is 5.92 Å². The molecule has 5 heteroatoms. The van der Waals surface area contributed by atoms with Gasteiger partial charge in [0.25, 0.3) is 0 Å². The topological polar surface area (TPSA) is 67.8 Å². The Morgan fingerprint density at radius 1 is 1.19 bits per heavy atom. The number of hydrogen-bond donors (Lipinski definition) is 2. The van der Waals surface area contributed by atoms with Crippen molar-refractivity contribution in [1.82, 2.24) is 5.48 Å². The lowest BCUT2D eigenvalue weighted by molar-refractivity contribution is -0.206. The lowest BCUT2D eigenvalue weighted by Crippen LogP contribution is -2.42. The molecule has 1 aromatic carbocycles. The van der Waals surface area contributed by atoms with Crippen LogP contribution in [0.4, 0.5) is 0 Å². The molecule has 1 saturated heterocycles. The number of nitrogens with one attached hydrogen (secondary N) is 1. The van der Waals surface area contributed by atoms with Crippen LogP contribution in [0.1, 0.15) is 69.8 Å². The Kier molecular flexibility index (Phi) is 7.68. The van der Waals surface area contributed by atoms with Gasteiger partial charge in [0, 0.05) is 19.1 Å². The molecule has 2 fully saturated rings. The van der Waals surface area contributed by atoms with Crippen molar-refractivity contribution in [2.24, 2.45) is 11.8 Å². The van der Waals surface area contributed by atoms with Crippen LogP contribution in [0.5, 0.6) is 0 Å². The maximum absolute atomic E-state index is 11.8. The minimum atomic E-state index is -0.742. The Balaban J connectivity index is 1.45. The van der Waals surface area contributed by atoms with Gasteiger partial charge in [-0.25, -0.2) is 0 Å². The monoisotopic (exact) mass is 375 g/mol. The molecule has 0 bridgehead atoms. The molecule has 5 nitrogen and oxygen atoms in total. The van der Waals surface area contributed by atoms with Crippen molar-refractivity contribution in [3.63, 3.8) is 0 Å². The van der Waals surface area contributed by atoms with E-state index in [4.69, 9.17) is 9.57 Å². The molecule has 0 aromatic heterocycles. The molecule has 3 unspecified atom stereocenters. The average molecular weight is 376 g/mol. The first-order valence-corrected chi connectivity index (χ1v) is 10.4. The largest absolute Gasteiger partial charge is 0.481 e. The zero-order valence-electron chi connectivity index (χ0n) is 16.3. The van der Waals surface area contributed by atoms with Crippen LogP contribution in [-0.2, 0) is 14.4 Å². The molecule has 2 N–H and O–H groups in total. The van der Waals surface area contributed by atoms with Gasteiger partial charge in [-0.1, -0.05) is 30.3 Å². The summed E-state index contributed by atoms with van der Waals surface area (Å²) in [7, 11) is 0. The van der Waals surface area contributed by atoms with Crippen molar-refractivity contribution in [3.05, 3.63) is 35.9 Å². The van der Waals surface area contributed by atoms with Crippen LogP contribution in [0.25, 0.3) is 0 Å². The fraction of sp³-hybridized carbons (Fsp3) is 0.682. The standard InChI is InChI=1S/C22H33NO4/c1-16(23-27-21-9-5-6-14-26-21)20(22(24)25)15-17-10-12-19(13-11-17)18-7-3-2-4-8-18/h2-4,7-8,16-17,19-21,23H,5-6,9-15H2,1H3,(H,24,25). The van der Waals surface area contributed by atoms with Crippen molar-refractivity contribution in [2.75, 3.05) is 6.61 Å². The highest BCUT2D eigenvalue weighted by Crippen LogP contribution is 2.38. The first-order valence-electron chi connectivity index (χ1n) is 10.4. The van der Waals surface area contributed by atoms with Crippen LogP contribution < -0.4 is 5.48 Å². The molecule has 3 rings (SSSR count). The van der Waals surface area contributed by atoms with Crippen molar-refractivity contribution >= 4 is 5.97 Å². The summed E-state index contributed by atoms with van der Waals surface area (Å²) in [6, 6.07) is 10.4. The lowest BCUT2D eigenvalue weighted by atomic mass is 9.75. The van der Waals surface area contributed by atoms with E-state index in [1.54, 1.807) is 0 Å². The summed E-state index contributed by atoms with van der Waals surface area (Å²) in [5.74, 6) is -0.0884. The van der Waals surface area contributed by atoms with E-state index in [2.05, 4.69) is 35.8 Å². The second-order valence-corrected chi connectivity index (χ2v) is 8.13. The predicted octanol–water partition coefficient (Wildman–Crippen LogP) is 4.49. The molecule has 150 valence electrons. The SMILES string of the molecule is CC(NOC1CCCCO1)C(CC1CCC(c2ccccc2)CC1)C(=O)O. The second-order valence-electron chi connectivity index (χ2n) is 8.13. The molecule has 0 radical (unpaired) electrons. The third-order valence-corrected chi connectivity index (χ3v) is 6.15. The number of carbonyl (C=O) groups is 1. The molecular formula is C22H33NO4. The highest BCUT2D eigenvalue weighted by atomic mass is 16.8. The van der Waals surface area contributed by atoms with Crippen LogP contribution >= 0.6 is 0 Å². The number of hydroxylamine groups is 1. The van der Waals surface area contributed by atoms with Gasteiger partial charge >= 0.3 is 5.97 Å². The Morgan fingerprint density at radius 2 is 1.93 bits per heavy atom. The summed E-state index contributed by atoms with van der Waals surface area (Å²) < 4.78 is 5.54. The molecular weight excluding hydrogens is 342 g/mol. The van der Waals surface area contributed by atoms with Gasteiger partial charge in [-0.2, -0.15) is 5.48 Å². The van der Waals surface area contributed by atoms with E-state index >= 15 is 0 Å². The van der Waals surface area contributed by atoms with E-state index in [0.29, 0.717) is 24.9 Å². The Bertz CT molecular complexity index is 565. The van der Waals surface area contributed by atoms with Crippen molar-refractivity contribution in [1.29, 1.82) is 0 Å². The van der Waals surface area contributed by atoms with Gasteiger partial charge in [-0.05, 0) is 69.3 Å². The molecule has 27 heavy (non-hydrogen) atoms. The number of ether oxygens (including phenoxy) is 1. The molecule has 1 aliphatic heterocycles. The van der Waals surface area contributed by atoms with Gasteiger partial charge < -0.3 is 9.84 Å². The van der Waals surface area contributed by atoms with Gasteiger partial charge in [-0.3, -0.25) is 9.63 Å². The van der Waals surface area contributed by atoms with Gasteiger partial charge in [-0.15, -0.1) is 0 Å². The molecule has 1 saturated carbocycles. The Hall–Kier alpha value is -1.43. The van der Waals surface area contributed by atoms with Crippen LogP contribution in [0, 0.1) is 11.8 Å². The predicted molar refractivity (Wildman–Crippen MR) is 104 cm³/mol. The van der Waals surface area contributed by atoms with E-state index in [1.807, 2.05) is 6.92 Å². The summed E-state index contributed by atoms with van der Waals surface area (Å²) in [4.78, 5) is 17.4. The second kappa shape index (κ2) is 10.2. The summed E-state index contributed by atoms with van der Waals surface area (Å²) in [6.07, 6.45) is 7.97. The van der Waals surface area contributed by atoms with E-state index in [9.17, 15) is 9.90 Å². The zero-order chi connectivity index (χ0) is 19.1. The summed E-state index contributed by atoms with van der Waals surface area (Å²) in [6.45, 7) is 2.62. The smallest absolute Gasteiger partial charge is 0.308 e. The van der Waals surface area contributed by atoms with E-state index in [0.717, 1.165) is 44.9 Å². The van der Waals surface area contributed by atoms with Crippen LogP contribution in [0.3, 0.4) is 0 Å². The minimum Gasteiger partial charge on any atom is -0.481 e. The quantitative estimate of drug-likeness (QED) is 0.655. The zero-order valence-corrected chi connectivity index (χ0v) is 16.3. The molecule has 3 atom stereocenters. The number of benzene rings is 1. The maximum Gasteiger partial charge on any atom is 0.308 e. The fourth-order valence-corrected chi connectivity index (χ4v) is 4.40. The molecule has 1 aromatic rings. The molecule has 0 amide bonds. The molecule has 1 heterocycles. The first kappa shape index (κ1) is 20.3. The van der Waals surface area contributed by atoms with E-state index in [1.165, 1.54) is 5.56 Å². The lowest BCUT2D eigenvalue weighted by Gasteiger charge is -2.32. The van der Waals surface area contributed by atoms with Crippen LogP contribution in [-0.4, -0.2) is 30.0 Å². The Labute approximate surface area is 162 Å². The van der Waals surface area contributed by atoms with Gasteiger partial charge in [0.15, 0.2) is 6.29 Å². The number of hydrogen-bond acceptors (Lipinski definition) is 4. The Morgan fingerprint density at radius 3 is 2.56 bits per heavy atom. The minimum absolute atomic E-state index is 0.236. The number of carboxylic acids is 1. The first-order chi connectivity index (χ1) is 13.1. The highest BCUT2D eigenvalue weighted by Gasteiger charge is 2.31. The molecule has 1 aliphatic carbocycles. The van der Waals surface area contributed by atoms with E-state index < -0.39 is 11.9 Å². The van der Waals surface area contributed by atoms with Gasteiger partial charge in [0.2, 0.25) is 0 Å². The summed E-state index contributed by atoms with van der Waals surface area (Å²) >= 11 is 0. The number of carboxylic acid groups (broad SMARTS) is 1. The number of rotatable bonds is 8. The van der Waals surface area contributed by atoms with Crippen molar-refractivity contribution in [3.8, 4) is 0 Å². The molecule has 0 spiro atoms.